The molecule has 1 aromatic heterocycles. The van der Waals surface area contributed by atoms with E-state index in [1.807, 2.05) is 42.5 Å². The average Bonchev–Trinajstić information content (AvgIpc) is 3.55. The highest BCUT2D eigenvalue weighted by Gasteiger charge is 2.26. The first-order valence-electron chi connectivity index (χ1n) is 9.32. The molecule has 0 unspecified atom stereocenters. The van der Waals surface area contributed by atoms with Crippen LogP contribution >= 0.6 is 0 Å². The zero-order valence-corrected chi connectivity index (χ0v) is 15.4. The number of phenols is 1. The number of fused-ring (bicyclic) bond motifs is 1. The summed E-state index contributed by atoms with van der Waals surface area (Å²) >= 11 is 0. The molecule has 0 radical (unpaired) electrons. The fourth-order valence-corrected chi connectivity index (χ4v) is 3.23. The molecule has 0 atom stereocenters. The Morgan fingerprint density at radius 3 is 2.86 bits per heavy atom. The minimum absolute atomic E-state index is 0.144. The van der Waals surface area contributed by atoms with Gasteiger partial charge in [0, 0.05) is 22.6 Å². The summed E-state index contributed by atoms with van der Waals surface area (Å²) in [5.41, 5.74) is 6.22. The lowest BCUT2D eigenvalue weighted by Crippen LogP contribution is -2.18. The molecule has 2 aromatic carbocycles. The number of aromatic hydroxyl groups is 1. The highest BCUT2D eigenvalue weighted by molar-refractivity contribution is 6.06. The quantitative estimate of drug-likeness (QED) is 0.385. The molecule has 1 fully saturated rings. The normalized spacial score (nSPS) is 13.7. The number of hydrogen-bond acceptors (Lipinski definition) is 4. The molecular weight excluding hydrogens is 350 g/mol. The molecule has 3 aromatic rings. The highest BCUT2D eigenvalue weighted by atomic mass is 16.3. The minimum atomic E-state index is -0.293. The van der Waals surface area contributed by atoms with E-state index in [-0.39, 0.29) is 11.7 Å². The van der Waals surface area contributed by atoms with E-state index in [0.717, 1.165) is 35.0 Å². The van der Waals surface area contributed by atoms with Crippen LogP contribution in [0.1, 0.15) is 45.9 Å². The van der Waals surface area contributed by atoms with E-state index < -0.39 is 0 Å². The summed E-state index contributed by atoms with van der Waals surface area (Å²) in [5.74, 6) is 0.300. The summed E-state index contributed by atoms with van der Waals surface area (Å²) in [6, 6.07) is 14.9. The van der Waals surface area contributed by atoms with Crippen LogP contribution in [-0.2, 0) is 6.42 Å². The maximum atomic E-state index is 12.8. The third-order valence-corrected chi connectivity index (χ3v) is 4.86. The number of amides is 1. The Balaban J connectivity index is 1.58. The Hall–Kier alpha value is -3.47. The summed E-state index contributed by atoms with van der Waals surface area (Å²) in [4.78, 5) is 17.5. The first-order valence-corrected chi connectivity index (χ1v) is 9.32. The highest BCUT2D eigenvalue weighted by Crippen LogP contribution is 2.40. The largest absolute Gasteiger partial charge is 0.507 e. The number of carbonyl (C=O) groups excluding carboxylic acids is 1. The lowest BCUT2D eigenvalue weighted by atomic mass is 10.1. The number of hydrogen-bond donors (Lipinski definition) is 2. The number of benzene rings is 2. The molecule has 0 saturated heterocycles. The Kier molecular flexibility index (Phi) is 4.89. The molecule has 5 heteroatoms. The number of nitrogens with zero attached hydrogens (tertiary/aromatic N) is 2. The molecule has 0 spiro atoms. The van der Waals surface area contributed by atoms with Crippen molar-refractivity contribution in [2.45, 2.75) is 25.2 Å². The molecule has 1 amide bonds. The van der Waals surface area contributed by atoms with Crippen LogP contribution in [-0.4, -0.2) is 22.2 Å². The van der Waals surface area contributed by atoms with E-state index in [1.165, 1.54) is 6.21 Å². The van der Waals surface area contributed by atoms with E-state index in [2.05, 4.69) is 22.1 Å². The molecule has 1 aliphatic carbocycles. The van der Waals surface area contributed by atoms with Gasteiger partial charge in [-0.25, -0.2) is 5.43 Å². The van der Waals surface area contributed by atoms with Crippen molar-refractivity contribution in [3.63, 3.8) is 0 Å². The molecule has 0 aliphatic heterocycles. The Bertz CT molecular complexity index is 1080. The molecule has 28 heavy (non-hydrogen) atoms. The molecule has 1 saturated carbocycles. The summed E-state index contributed by atoms with van der Waals surface area (Å²) in [5, 5.41) is 15.1. The summed E-state index contributed by atoms with van der Waals surface area (Å²) < 4.78 is 0. The van der Waals surface area contributed by atoms with Crippen LogP contribution in [0.4, 0.5) is 0 Å². The SMILES string of the molecule is C=CCc1cccc(/C=N/NC(=O)c2cc(C3CC3)nc3ccccc23)c1O. The number of pyridine rings is 1. The zero-order chi connectivity index (χ0) is 19.5. The van der Waals surface area contributed by atoms with Crippen molar-refractivity contribution >= 4 is 23.0 Å². The monoisotopic (exact) mass is 371 g/mol. The smallest absolute Gasteiger partial charge is 0.272 e. The second-order valence-electron chi connectivity index (χ2n) is 6.93. The number of aromatic nitrogens is 1. The van der Waals surface area contributed by atoms with Gasteiger partial charge >= 0.3 is 0 Å². The molecule has 1 heterocycles. The van der Waals surface area contributed by atoms with Crippen molar-refractivity contribution in [1.29, 1.82) is 0 Å². The second kappa shape index (κ2) is 7.64. The molecular formula is C23H21N3O2. The third-order valence-electron chi connectivity index (χ3n) is 4.86. The maximum absolute atomic E-state index is 12.8. The summed E-state index contributed by atoms with van der Waals surface area (Å²) in [6.07, 6.45) is 5.97. The predicted molar refractivity (Wildman–Crippen MR) is 111 cm³/mol. The van der Waals surface area contributed by atoms with Gasteiger partial charge in [-0.1, -0.05) is 36.4 Å². The Morgan fingerprint density at radius 1 is 1.25 bits per heavy atom. The van der Waals surface area contributed by atoms with Gasteiger partial charge < -0.3 is 5.11 Å². The maximum Gasteiger partial charge on any atom is 0.272 e. The average molecular weight is 371 g/mol. The number of hydrazone groups is 1. The molecule has 5 nitrogen and oxygen atoms in total. The minimum Gasteiger partial charge on any atom is -0.507 e. The van der Waals surface area contributed by atoms with Crippen LogP contribution in [0.25, 0.3) is 10.9 Å². The molecule has 4 rings (SSSR count). The van der Waals surface area contributed by atoms with Crippen molar-refractivity contribution < 1.29 is 9.90 Å². The topological polar surface area (TPSA) is 74.6 Å². The van der Waals surface area contributed by atoms with Crippen molar-refractivity contribution in [3.8, 4) is 5.75 Å². The van der Waals surface area contributed by atoms with Gasteiger partial charge in [-0.05, 0) is 43.0 Å². The van der Waals surface area contributed by atoms with Gasteiger partial charge in [0.1, 0.15) is 5.75 Å². The van der Waals surface area contributed by atoms with Crippen LogP contribution in [0.2, 0.25) is 0 Å². The number of para-hydroxylation sites is 2. The summed E-state index contributed by atoms with van der Waals surface area (Å²) in [6.45, 7) is 3.69. The van der Waals surface area contributed by atoms with Gasteiger partial charge in [-0.2, -0.15) is 5.10 Å². The van der Waals surface area contributed by atoms with Gasteiger partial charge in [0.05, 0.1) is 17.3 Å². The van der Waals surface area contributed by atoms with Gasteiger partial charge in [-0.15, -0.1) is 6.58 Å². The zero-order valence-electron chi connectivity index (χ0n) is 15.4. The van der Waals surface area contributed by atoms with E-state index in [0.29, 0.717) is 23.5 Å². The lowest BCUT2D eigenvalue weighted by molar-refractivity contribution is 0.0956. The number of allylic oxidation sites excluding steroid dienone is 1. The van der Waals surface area contributed by atoms with Crippen molar-refractivity contribution in [1.82, 2.24) is 10.4 Å². The Labute approximate surface area is 163 Å². The number of phenolic OH excluding ortho intramolecular Hbond substituents is 1. The van der Waals surface area contributed by atoms with Crippen LogP contribution in [0, 0.1) is 0 Å². The lowest BCUT2D eigenvalue weighted by Gasteiger charge is -2.08. The predicted octanol–water partition coefficient (Wildman–Crippen LogP) is 4.31. The van der Waals surface area contributed by atoms with Gasteiger partial charge in [0.25, 0.3) is 5.91 Å². The van der Waals surface area contributed by atoms with Gasteiger partial charge in [-0.3, -0.25) is 9.78 Å². The van der Waals surface area contributed by atoms with Gasteiger partial charge in [0.2, 0.25) is 0 Å². The van der Waals surface area contributed by atoms with E-state index in [4.69, 9.17) is 0 Å². The van der Waals surface area contributed by atoms with E-state index in [1.54, 1.807) is 12.1 Å². The fourth-order valence-electron chi connectivity index (χ4n) is 3.23. The third kappa shape index (κ3) is 3.64. The van der Waals surface area contributed by atoms with Crippen LogP contribution in [0.5, 0.6) is 5.75 Å². The number of carbonyl (C=O) groups is 1. The molecule has 140 valence electrons. The van der Waals surface area contributed by atoms with Crippen LogP contribution in [0.15, 0.2) is 66.3 Å². The fraction of sp³-hybridized carbons (Fsp3) is 0.174. The Morgan fingerprint density at radius 2 is 2.07 bits per heavy atom. The van der Waals surface area contributed by atoms with Crippen molar-refractivity contribution in [2.24, 2.45) is 5.10 Å². The van der Waals surface area contributed by atoms with Crippen molar-refractivity contribution in [2.75, 3.05) is 0 Å². The van der Waals surface area contributed by atoms with E-state index >= 15 is 0 Å². The van der Waals surface area contributed by atoms with Crippen LogP contribution in [0.3, 0.4) is 0 Å². The molecule has 0 bridgehead atoms. The number of rotatable bonds is 6. The first-order chi connectivity index (χ1) is 13.7. The second-order valence-corrected chi connectivity index (χ2v) is 6.93. The standard InChI is InChI=1S/C23H21N3O2/c1-2-6-16-7-5-8-17(22(16)27)14-24-26-23(28)19-13-21(15-11-12-15)25-20-10-4-3-9-18(19)20/h2-5,7-10,13-15,27H,1,6,11-12H2,(H,26,28)/b24-14+. The first kappa shape index (κ1) is 17.9. The van der Waals surface area contributed by atoms with Crippen LogP contribution < -0.4 is 5.43 Å². The summed E-state index contributed by atoms with van der Waals surface area (Å²) in [7, 11) is 0. The van der Waals surface area contributed by atoms with Gasteiger partial charge in [0.15, 0.2) is 0 Å². The number of nitrogens with one attached hydrogen (secondary N) is 1. The molecule has 1 aliphatic rings. The molecule has 2 N–H and O–H groups in total. The van der Waals surface area contributed by atoms with Crippen molar-refractivity contribution in [3.05, 3.63) is 83.6 Å². The van der Waals surface area contributed by atoms with E-state index in [9.17, 15) is 9.90 Å².